The second-order valence-electron chi connectivity index (χ2n) is 6.29. The molecule has 0 aromatic carbocycles. The molecule has 0 N–H and O–H groups in total. The molecule has 0 atom stereocenters. The van der Waals surface area contributed by atoms with Crippen LogP contribution in [0.1, 0.15) is 25.7 Å². The summed E-state index contributed by atoms with van der Waals surface area (Å²) in [7, 11) is 1.81. The Balaban J connectivity index is 1.43. The number of aromatic nitrogens is 2. The van der Waals surface area contributed by atoms with Crippen LogP contribution >= 0.6 is 0 Å². The van der Waals surface area contributed by atoms with Crippen molar-refractivity contribution in [3.8, 4) is 0 Å². The topological polar surface area (TPSA) is 50.6 Å². The van der Waals surface area contributed by atoms with Crippen LogP contribution in [0.15, 0.2) is 18.5 Å². The zero-order chi connectivity index (χ0) is 15.4. The molecule has 0 bridgehead atoms. The first-order valence-electron chi connectivity index (χ1n) is 8.28. The minimum absolute atomic E-state index is 0.181. The SMILES string of the molecule is COC1CCN(C2CCN(C(=O)Cn3cccn3)CC2)CC1. The van der Waals surface area contributed by atoms with Gasteiger partial charge in [-0.1, -0.05) is 0 Å². The molecule has 122 valence electrons. The lowest BCUT2D eigenvalue weighted by molar-refractivity contribution is -0.133. The molecular formula is C16H26N4O2. The van der Waals surface area contributed by atoms with E-state index in [0.29, 0.717) is 18.7 Å². The molecule has 0 spiro atoms. The highest BCUT2D eigenvalue weighted by atomic mass is 16.5. The summed E-state index contributed by atoms with van der Waals surface area (Å²) in [5.74, 6) is 0.181. The van der Waals surface area contributed by atoms with E-state index in [1.807, 2.05) is 24.3 Å². The normalized spacial score (nSPS) is 22.1. The number of hydrogen-bond donors (Lipinski definition) is 0. The molecule has 2 saturated heterocycles. The van der Waals surface area contributed by atoms with E-state index in [2.05, 4.69) is 10.00 Å². The second-order valence-corrected chi connectivity index (χ2v) is 6.29. The molecule has 2 aliphatic rings. The van der Waals surface area contributed by atoms with Crippen LogP contribution in [-0.4, -0.2) is 70.9 Å². The minimum atomic E-state index is 0.181. The van der Waals surface area contributed by atoms with Gasteiger partial charge in [0.1, 0.15) is 6.54 Å². The average molecular weight is 306 g/mol. The summed E-state index contributed by atoms with van der Waals surface area (Å²) < 4.78 is 7.14. The smallest absolute Gasteiger partial charge is 0.244 e. The van der Waals surface area contributed by atoms with Gasteiger partial charge in [-0.25, -0.2) is 0 Å². The molecule has 2 aliphatic heterocycles. The van der Waals surface area contributed by atoms with Crippen LogP contribution in [0.5, 0.6) is 0 Å². The fraction of sp³-hybridized carbons (Fsp3) is 0.750. The van der Waals surface area contributed by atoms with Crippen LogP contribution in [0, 0.1) is 0 Å². The van der Waals surface area contributed by atoms with E-state index in [1.54, 1.807) is 10.9 Å². The predicted octanol–water partition coefficient (Wildman–Crippen LogP) is 0.985. The first-order valence-corrected chi connectivity index (χ1v) is 8.28. The third-order valence-electron chi connectivity index (χ3n) is 5.00. The van der Waals surface area contributed by atoms with Crippen molar-refractivity contribution in [2.75, 3.05) is 33.3 Å². The van der Waals surface area contributed by atoms with Gasteiger partial charge in [-0.15, -0.1) is 0 Å². The monoisotopic (exact) mass is 306 g/mol. The fourth-order valence-corrected chi connectivity index (χ4v) is 3.59. The molecule has 0 unspecified atom stereocenters. The van der Waals surface area contributed by atoms with E-state index in [-0.39, 0.29) is 5.91 Å². The number of likely N-dealkylation sites (tertiary alicyclic amines) is 2. The molecule has 3 heterocycles. The summed E-state index contributed by atoms with van der Waals surface area (Å²) in [6.45, 7) is 4.36. The number of methoxy groups -OCH3 is 1. The third kappa shape index (κ3) is 3.67. The molecule has 0 saturated carbocycles. The van der Waals surface area contributed by atoms with Gasteiger partial charge in [-0.3, -0.25) is 9.48 Å². The predicted molar refractivity (Wildman–Crippen MR) is 83.4 cm³/mol. The molecule has 22 heavy (non-hydrogen) atoms. The van der Waals surface area contributed by atoms with Crippen molar-refractivity contribution in [2.45, 2.75) is 44.4 Å². The summed E-state index contributed by atoms with van der Waals surface area (Å²) in [5.41, 5.74) is 0. The zero-order valence-electron chi connectivity index (χ0n) is 13.4. The Labute approximate surface area is 132 Å². The average Bonchev–Trinajstić information content (AvgIpc) is 3.08. The summed E-state index contributed by atoms with van der Waals surface area (Å²) in [6.07, 6.45) is 8.43. The number of piperidine rings is 2. The van der Waals surface area contributed by atoms with Crippen LogP contribution in [0.2, 0.25) is 0 Å². The van der Waals surface area contributed by atoms with Gasteiger partial charge in [-0.05, 0) is 31.7 Å². The highest BCUT2D eigenvalue weighted by Gasteiger charge is 2.29. The Morgan fingerprint density at radius 3 is 2.50 bits per heavy atom. The van der Waals surface area contributed by atoms with Gasteiger partial charge < -0.3 is 14.5 Å². The summed E-state index contributed by atoms with van der Waals surface area (Å²) in [5, 5.41) is 4.10. The number of ether oxygens (including phenoxy) is 1. The number of carbonyl (C=O) groups is 1. The molecule has 6 nitrogen and oxygen atoms in total. The number of amides is 1. The van der Waals surface area contributed by atoms with Gasteiger partial charge in [0.05, 0.1) is 6.10 Å². The van der Waals surface area contributed by atoms with E-state index >= 15 is 0 Å². The molecule has 0 radical (unpaired) electrons. The Bertz CT molecular complexity index is 461. The zero-order valence-corrected chi connectivity index (χ0v) is 13.4. The molecular weight excluding hydrogens is 280 g/mol. The minimum Gasteiger partial charge on any atom is -0.381 e. The van der Waals surface area contributed by atoms with Crippen molar-refractivity contribution in [1.29, 1.82) is 0 Å². The summed E-state index contributed by atoms with van der Waals surface area (Å²) in [6, 6.07) is 2.48. The summed E-state index contributed by atoms with van der Waals surface area (Å²) in [4.78, 5) is 16.8. The number of carbonyl (C=O) groups excluding carboxylic acids is 1. The second kappa shape index (κ2) is 7.24. The van der Waals surface area contributed by atoms with Gasteiger partial charge in [0, 0.05) is 51.7 Å². The first kappa shape index (κ1) is 15.5. The van der Waals surface area contributed by atoms with Crippen molar-refractivity contribution in [1.82, 2.24) is 19.6 Å². The van der Waals surface area contributed by atoms with Crippen LogP contribution in [0.4, 0.5) is 0 Å². The third-order valence-corrected chi connectivity index (χ3v) is 5.00. The molecule has 2 fully saturated rings. The molecule has 1 amide bonds. The lowest BCUT2D eigenvalue weighted by Gasteiger charge is -2.41. The standard InChI is InChI=1S/C16H26N4O2/c1-22-15-5-11-18(12-6-15)14-3-9-19(10-4-14)16(21)13-20-8-2-7-17-20/h2,7-8,14-15H,3-6,9-13H2,1H3. The van der Waals surface area contributed by atoms with Crippen molar-refractivity contribution in [3.63, 3.8) is 0 Å². The van der Waals surface area contributed by atoms with E-state index in [0.717, 1.165) is 51.9 Å². The van der Waals surface area contributed by atoms with Crippen LogP contribution in [0.25, 0.3) is 0 Å². The summed E-state index contributed by atoms with van der Waals surface area (Å²) >= 11 is 0. The van der Waals surface area contributed by atoms with Gasteiger partial charge in [0.25, 0.3) is 0 Å². The number of rotatable bonds is 4. The van der Waals surface area contributed by atoms with E-state index in [9.17, 15) is 4.79 Å². The van der Waals surface area contributed by atoms with Crippen LogP contribution in [-0.2, 0) is 16.1 Å². The van der Waals surface area contributed by atoms with Gasteiger partial charge in [-0.2, -0.15) is 5.10 Å². The van der Waals surface area contributed by atoms with E-state index in [1.165, 1.54) is 0 Å². The van der Waals surface area contributed by atoms with Gasteiger partial charge in [0.2, 0.25) is 5.91 Å². The Morgan fingerprint density at radius 2 is 1.91 bits per heavy atom. The van der Waals surface area contributed by atoms with E-state index < -0.39 is 0 Å². The number of hydrogen-bond acceptors (Lipinski definition) is 4. The largest absolute Gasteiger partial charge is 0.381 e. The number of nitrogens with zero attached hydrogens (tertiary/aromatic N) is 4. The van der Waals surface area contributed by atoms with Crippen LogP contribution in [0.3, 0.4) is 0 Å². The maximum atomic E-state index is 12.3. The highest BCUT2D eigenvalue weighted by Crippen LogP contribution is 2.22. The molecule has 0 aliphatic carbocycles. The van der Waals surface area contributed by atoms with E-state index in [4.69, 9.17) is 4.74 Å². The van der Waals surface area contributed by atoms with Crippen molar-refractivity contribution in [3.05, 3.63) is 18.5 Å². The first-order chi connectivity index (χ1) is 10.8. The molecule has 1 aromatic rings. The van der Waals surface area contributed by atoms with Gasteiger partial charge >= 0.3 is 0 Å². The van der Waals surface area contributed by atoms with Gasteiger partial charge in [0.15, 0.2) is 0 Å². The van der Waals surface area contributed by atoms with Crippen molar-refractivity contribution in [2.24, 2.45) is 0 Å². The Morgan fingerprint density at radius 1 is 1.18 bits per heavy atom. The lowest BCUT2D eigenvalue weighted by atomic mass is 9.99. The maximum absolute atomic E-state index is 12.3. The lowest BCUT2D eigenvalue weighted by Crippen LogP contribution is -2.50. The highest BCUT2D eigenvalue weighted by molar-refractivity contribution is 5.76. The van der Waals surface area contributed by atoms with Crippen LogP contribution < -0.4 is 0 Å². The Hall–Kier alpha value is -1.40. The quantitative estimate of drug-likeness (QED) is 0.832. The van der Waals surface area contributed by atoms with Crippen molar-refractivity contribution >= 4 is 5.91 Å². The Kier molecular flexibility index (Phi) is 5.10. The maximum Gasteiger partial charge on any atom is 0.244 e. The molecule has 3 rings (SSSR count). The fourth-order valence-electron chi connectivity index (χ4n) is 3.59. The van der Waals surface area contributed by atoms with Crippen molar-refractivity contribution < 1.29 is 9.53 Å². The molecule has 6 heteroatoms. The molecule has 1 aromatic heterocycles.